The van der Waals surface area contributed by atoms with Gasteiger partial charge in [-0.15, -0.1) is 10.2 Å². The standard InChI is InChI=1S/C20H32N4OS/c1-26-20-23-22-18(24(20)17-5-2-3-6-17)7-4-10-21-19(25)13-16-12-14-8-9-15(16)11-14/h14-17H,2-13H2,1H3,(H,21,25)/t14-,15-,16-/m1/s1. The highest BCUT2D eigenvalue weighted by molar-refractivity contribution is 7.98. The minimum absolute atomic E-state index is 0.254. The molecule has 26 heavy (non-hydrogen) atoms. The van der Waals surface area contributed by atoms with Crippen molar-refractivity contribution in [2.45, 2.75) is 81.8 Å². The molecule has 0 radical (unpaired) electrons. The molecule has 4 rings (SSSR count). The Morgan fingerprint density at radius 2 is 2.04 bits per heavy atom. The van der Waals surface area contributed by atoms with Crippen LogP contribution in [0.1, 0.15) is 76.1 Å². The van der Waals surface area contributed by atoms with E-state index in [1.165, 1.54) is 51.4 Å². The quantitative estimate of drug-likeness (QED) is 0.550. The molecular weight excluding hydrogens is 344 g/mol. The maximum Gasteiger partial charge on any atom is 0.220 e. The molecule has 0 saturated heterocycles. The maximum absolute atomic E-state index is 12.3. The van der Waals surface area contributed by atoms with Gasteiger partial charge in [-0.05, 0) is 62.5 Å². The summed E-state index contributed by atoms with van der Waals surface area (Å²) in [6.07, 6.45) is 15.2. The number of hydrogen-bond donors (Lipinski definition) is 1. The van der Waals surface area contributed by atoms with Crippen molar-refractivity contribution in [2.24, 2.45) is 17.8 Å². The molecule has 144 valence electrons. The summed E-state index contributed by atoms with van der Waals surface area (Å²) in [7, 11) is 0. The van der Waals surface area contributed by atoms with Gasteiger partial charge in [0.2, 0.25) is 5.91 Å². The van der Waals surface area contributed by atoms with Crippen LogP contribution in [-0.2, 0) is 11.2 Å². The number of hydrogen-bond acceptors (Lipinski definition) is 4. The van der Waals surface area contributed by atoms with Gasteiger partial charge in [0.25, 0.3) is 0 Å². The lowest BCUT2D eigenvalue weighted by Gasteiger charge is -2.21. The number of carbonyl (C=O) groups is 1. The summed E-state index contributed by atoms with van der Waals surface area (Å²) in [5, 5.41) is 13.0. The first kappa shape index (κ1) is 18.3. The van der Waals surface area contributed by atoms with Crippen molar-refractivity contribution in [2.75, 3.05) is 12.8 Å². The summed E-state index contributed by atoms with van der Waals surface area (Å²) in [4.78, 5) is 12.3. The second-order valence-electron chi connectivity index (χ2n) is 8.50. The molecule has 0 aliphatic heterocycles. The monoisotopic (exact) mass is 376 g/mol. The summed E-state index contributed by atoms with van der Waals surface area (Å²) >= 11 is 1.69. The minimum Gasteiger partial charge on any atom is -0.356 e. The number of rotatable bonds is 8. The van der Waals surface area contributed by atoms with E-state index in [4.69, 9.17) is 0 Å². The van der Waals surface area contributed by atoms with Crippen LogP contribution in [0.4, 0.5) is 0 Å². The van der Waals surface area contributed by atoms with Gasteiger partial charge >= 0.3 is 0 Å². The Morgan fingerprint density at radius 3 is 2.73 bits per heavy atom. The van der Waals surface area contributed by atoms with Gasteiger partial charge in [-0.2, -0.15) is 0 Å². The van der Waals surface area contributed by atoms with E-state index in [1.54, 1.807) is 11.8 Å². The zero-order valence-electron chi connectivity index (χ0n) is 16.0. The van der Waals surface area contributed by atoms with Gasteiger partial charge in [-0.25, -0.2) is 0 Å². The molecule has 1 heterocycles. The van der Waals surface area contributed by atoms with E-state index in [2.05, 4.69) is 26.3 Å². The predicted octanol–water partition coefficient (Wildman–Crippen LogP) is 3.99. The number of aromatic nitrogens is 3. The van der Waals surface area contributed by atoms with Crippen molar-refractivity contribution < 1.29 is 4.79 Å². The Balaban J connectivity index is 1.22. The van der Waals surface area contributed by atoms with Crippen LogP contribution in [0.5, 0.6) is 0 Å². The highest BCUT2D eigenvalue weighted by atomic mass is 32.2. The molecule has 0 spiro atoms. The molecule has 3 aliphatic rings. The lowest BCUT2D eigenvalue weighted by Crippen LogP contribution is -2.28. The number of amides is 1. The van der Waals surface area contributed by atoms with Gasteiger partial charge in [-0.1, -0.05) is 31.0 Å². The van der Waals surface area contributed by atoms with E-state index < -0.39 is 0 Å². The van der Waals surface area contributed by atoms with Gasteiger partial charge in [0, 0.05) is 25.4 Å². The van der Waals surface area contributed by atoms with Gasteiger partial charge in [0.05, 0.1) is 0 Å². The van der Waals surface area contributed by atoms with Crippen LogP contribution >= 0.6 is 11.8 Å². The molecule has 0 unspecified atom stereocenters. The summed E-state index contributed by atoms with van der Waals surface area (Å²) < 4.78 is 2.37. The SMILES string of the molecule is CSc1nnc(CCCNC(=O)C[C@H]2C[C@@H]3CC[C@@H]2C3)n1C1CCCC1. The van der Waals surface area contributed by atoms with E-state index in [9.17, 15) is 4.79 Å². The van der Waals surface area contributed by atoms with Crippen molar-refractivity contribution in [3.05, 3.63) is 5.82 Å². The fourth-order valence-electron chi connectivity index (χ4n) is 5.56. The van der Waals surface area contributed by atoms with Crippen molar-refractivity contribution in [1.29, 1.82) is 0 Å². The summed E-state index contributed by atoms with van der Waals surface area (Å²) in [6, 6.07) is 0.579. The van der Waals surface area contributed by atoms with Crippen LogP contribution in [-0.4, -0.2) is 33.5 Å². The lowest BCUT2D eigenvalue weighted by molar-refractivity contribution is -0.122. The zero-order valence-corrected chi connectivity index (χ0v) is 16.8. The highest BCUT2D eigenvalue weighted by Crippen LogP contribution is 2.49. The molecule has 3 fully saturated rings. The summed E-state index contributed by atoms with van der Waals surface area (Å²) in [5.41, 5.74) is 0. The zero-order chi connectivity index (χ0) is 17.9. The Kier molecular flexibility index (Phi) is 5.87. The molecule has 1 amide bonds. The average molecular weight is 377 g/mol. The second-order valence-corrected chi connectivity index (χ2v) is 9.28. The number of fused-ring (bicyclic) bond motifs is 2. The first-order valence-corrected chi connectivity index (χ1v) is 11.7. The van der Waals surface area contributed by atoms with Gasteiger partial charge in [0.15, 0.2) is 5.16 Å². The van der Waals surface area contributed by atoms with Crippen LogP contribution in [0, 0.1) is 17.8 Å². The molecule has 0 aromatic carbocycles. The first-order chi connectivity index (χ1) is 12.7. The van der Waals surface area contributed by atoms with Crippen LogP contribution in [0.3, 0.4) is 0 Å². The molecular formula is C20H32N4OS. The number of aryl methyl sites for hydroxylation is 1. The van der Waals surface area contributed by atoms with Crippen molar-refractivity contribution in [3.8, 4) is 0 Å². The van der Waals surface area contributed by atoms with Crippen LogP contribution < -0.4 is 5.32 Å². The molecule has 1 N–H and O–H groups in total. The molecule has 3 aliphatic carbocycles. The van der Waals surface area contributed by atoms with Crippen LogP contribution in [0.2, 0.25) is 0 Å². The molecule has 1 aromatic rings. The van der Waals surface area contributed by atoms with Crippen molar-refractivity contribution >= 4 is 17.7 Å². The topological polar surface area (TPSA) is 59.8 Å². The third-order valence-corrected chi connectivity index (χ3v) is 7.48. The predicted molar refractivity (Wildman–Crippen MR) is 104 cm³/mol. The Labute approximate surface area is 161 Å². The Bertz CT molecular complexity index is 625. The minimum atomic E-state index is 0.254. The third kappa shape index (κ3) is 3.95. The number of carbonyl (C=O) groups excluding carboxylic acids is 1. The Hall–Kier alpha value is -1.04. The number of nitrogens with one attached hydrogen (secondary N) is 1. The smallest absolute Gasteiger partial charge is 0.220 e. The van der Waals surface area contributed by atoms with E-state index in [0.717, 1.165) is 48.6 Å². The average Bonchev–Trinajstić information content (AvgIpc) is 3.42. The number of thioether (sulfide) groups is 1. The molecule has 2 bridgehead atoms. The normalized spacial score (nSPS) is 28.1. The fraction of sp³-hybridized carbons (Fsp3) is 0.850. The van der Waals surface area contributed by atoms with E-state index in [0.29, 0.717) is 12.0 Å². The Morgan fingerprint density at radius 1 is 1.19 bits per heavy atom. The fourth-order valence-corrected chi connectivity index (χ4v) is 6.13. The molecule has 3 saturated carbocycles. The van der Waals surface area contributed by atoms with E-state index >= 15 is 0 Å². The van der Waals surface area contributed by atoms with Crippen molar-refractivity contribution in [3.63, 3.8) is 0 Å². The summed E-state index contributed by atoms with van der Waals surface area (Å²) in [6.45, 7) is 0.756. The van der Waals surface area contributed by atoms with Gasteiger partial charge in [0.1, 0.15) is 5.82 Å². The molecule has 5 nitrogen and oxygen atoms in total. The summed E-state index contributed by atoms with van der Waals surface area (Å²) in [5.74, 6) is 3.77. The number of nitrogens with zero attached hydrogens (tertiary/aromatic N) is 3. The molecule has 1 aromatic heterocycles. The largest absolute Gasteiger partial charge is 0.356 e. The molecule has 3 atom stereocenters. The highest BCUT2D eigenvalue weighted by Gasteiger charge is 2.40. The van der Waals surface area contributed by atoms with Gasteiger partial charge in [-0.3, -0.25) is 4.79 Å². The van der Waals surface area contributed by atoms with E-state index in [1.807, 2.05) is 0 Å². The van der Waals surface area contributed by atoms with Crippen LogP contribution in [0.25, 0.3) is 0 Å². The maximum atomic E-state index is 12.3. The van der Waals surface area contributed by atoms with Crippen LogP contribution in [0.15, 0.2) is 5.16 Å². The lowest BCUT2D eigenvalue weighted by atomic mass is 9.86. The van der Waals surface area contributed by atoms with Crippen molar-refractivity contribution in [1.82, 2.24) is 20.1 Å². The van der Waals surface area contributed by atoms with Gasteiger partial charge < -0.3 is 9.88 Å². The third-order valence-electron chi connectivity index (χ3n) is 6.84. The first-order valence-electron chi connectivity index (χ1n) is 10.5. The second kappa shape index (κ2) is 8.32. The molecule has 6 heteroatoms. The van der Waals surface area contributed by atoms with E-state index in [-0.39, 0.29) is 5.91 Å².